The van der Waals surface area contributed by atoms with Crippen molar-refractivity contribution in [2.24, 2.45) is 0 Å². The quantitative estimate of drug-likeness (QED) is 0.620. The Balaban J connectivity index is 0. The van der Waals surface area contributed by atoms with Gasteiger partial charge in [-0.15, -0.1) is 0 Å². The van der Waals surface area contributed by atoms with Gasteiger partial charge in [-0.3, -0.25) is 0 Å². The number of rotatable bonds is 1. The molecule has 0 amide bonds. The van der Waals surface area contributed by atoms with E-state index in [1.165, 1.54) is 6.07 Å². The minimum absolute atomic E-state index is 0. The second kappa shape index (κ2) is 6.64. The van der Waals surface area contributed by atoms with Crippen LogP contribution in [0, 0.1) is 0 Å². The van der Waals surface area contributed by atoms with E-state index in [1.54, 1.807) is 0 Å². The van der Waals surface area contributed by atoms with E-state index >= 15 is 0 Å². The molecule has 1 rings (SSSR count). The van der Waals surface area contributed by atoms with Gasteiger partial charge in [0.2, 0.25) is 0 Å². The molecule has 0 aliphatic rings. The molecule has 15 heavy (non-hydrogen) atoms. The Morgan fingerprint density at radius 3 is 2.13 bits per heavy atom. The number of hydrogen-bond acceptors (Lipinski definition) is 1. The summed E-state index contributed by atoms with van der Waals surface area (Å²) in [6.45, 7) is -0.400. The van der Waals surface area contributed by atoms with Crippen molar-refractivity contribution in [2.45, 2.75) is 12.8 Å². The van der Waals surface area contributed by atoms with Gasteiger partial charge in [0.25, 0.3) is 0 Å². The summed E-state index contributed by atoms with van der Waals surface area (Å²) in [5.41, 5.74) is -0.521. The van der Waals surface area contributed by atoms with Crippen molar-refractivity contribution in [3.8, 4) is 0 Å². The zero-order chi connectivity index (χ0) is 10.1. The van der Waals surface area contributed by atoms with Crippen LogP contribution in [0.15, 0.2) is 22.7 Å². The standard InChI is InChI=1S/C8H6BrF3O.BH4.Li/c9-7-2-5(4-13)1-6(3-7)8(10,11)12;;/h1-3,13H,4H2;1H4;/q;-1;+1. The summed E-state index contributed by atoms with van der Waals surface area (Å²) in [6, 6.07) is 3.33. The fourth-order valence-electron chi connectivity index (χ4n) is 0.905. The molecule has 1 N–H and O–H groups in total. The fraction of sp³-hybridized carbons (Fsp3) is 0.250. The number of benzene rings is 1. The Morgan fingerprint density at radius 1 is 1.20 bits per heavy atom. The summed E-state index contributed by atoms with van der Waals surface area (Å²) in [6.07, 6.45) is -4.37. The molecular weight excluding hydrogens is 267 g/mol. The van der Waals surface area contributed by atoms with Gasteiger partial charge in [-0.1, -0.05) is 24.3 Å². The first kappa shape index (κ1) is 17.5. The maximum atomic E-state index is 12.2. The van der Waals surface area contributed by atoms with Crippen LogP contribution in [-0.2, 0) is 12.8 Å². The largest absolute Gasteiger partial charge is 1.00 e. The van der Waals surface area contributed by atoms with Crippen LogP contribution in [0.5, 0.6) is 0 Å². The van der Waals surface area contributed by atoms with E-state index < -0.39 is 18.3 Å². The first-order chi connectivity index (χ1) is 5.93. The Hall–Kier alpha value is 0.112. The zero-order valence-electron chi connectivity index (χ0n) is 7.40. The van der Waals surface area contributed by atoms with Gasteiger partial charge in [0.1, 0.15) is 0 Å². The fourth-order valence-corrected chi connectivity index (χ4v) is 1.45. The molecule has 0 atom stereocenters. The molecule has 0 radical (unpaired) electrons. The summed E-state index contributed by atoms with van der Waals surface area (Å²) in [5, 5.41) is 8.66. The molecule has 7 heteroatoms. The Morgan fingerprint density at radius 2 is 1.73 bits per heavy atom. The van der Waals surface area contributed by atoms with Crippen LogP contribution in [0.3, 0.4) is 0 Å². The Bertz CT molecular complexity index is 319. The maximum absolute atomic E-state index is 12.2. The van der Waals surface area contributed by atoms with Crippen molar-refractivity contribution in [2.75, 3.05) is 0 Å². The average Bonchev–Trinajstić information content (AvgIpc) is 2.01. The SMILES string of the molecule is OCc1cc(Br)cc(C(F)(F)F)c1.[BH4-].[Li+]. The molecule has 0 unspecified atom stereocenters. The van der Waals surface area contributed by atoms with Gasteiger partial charge in [-0.05, 0) is 23.8 Å². The predicted molar refractivity (Wildman–Crippen MR) is 56.4 cm³/mol. The summed E-state index contributed by atoms with van der Waals surface area (Å²) in [5.74, 6) is 0. The van der Waals surface area contributed by atoms with Gasteiger partial charge in [0.05, 0.1) is 12.2 Å². The molecule has 1 nitrogen and oxygen atoms in total. The van der Waals surface area contributed by atoms with Crippen LogP contribution in [0.25, 0.3) is 0 Å². The van der Waals surface area contributed by atoms with E-state index in [2.05, 4.69) is 15.9 Å². The van der Waals surface area contributed by atoms with Crippen molar-refractivity contribution in [1.82, 2.24) is 0 Å². The molecule has 0 saturated heterocycles. The van der Waals surface area contributed by atoms with Crippen LogP contribution in [0.2, 0.25) is 0 Å². The molecule has 1 aromatic carbocycles. The second-order valence-electron chi connectivity index (χ2n) is 2.50. The number of halogens is 4. The van der Waals surface area contributed by atoms with E-state index in [0.717, 1.165) is 12.1 Å². The van der Waals surface area contributed by atoms with Crippen LogP contribution in [0.1, 0.15) is 11.1 Å². The first-order valence-corrected chi connectivity index (χ1v) is 4.20. The molecule has 0 fully saturated rings. The minimum atomic E-state index is -4.37. The van der Waals surface area contributed by atoms with Crippen LogP contribution >= 0.6 is 15.9 Å². The summed E-state index contributed by atoms with van der Waals surface area (Å²) < 4.78 is 36.9. The summed E-state index contributed by atoms with van der Waals surface area (Å²) >= 11 is 2.94. The van der Waals surface area contributed by atoms with Crippen LogP contribution < -0.4 is 18.9 Å². The van der Waals surface area contributed by atoms with E-state index in [1.807, 2.05) is 0 Å². The van der Waals surface area contributed by atoms with Crippen LogP contribution in [0.4, 0.5) is 13.2 Å². The normalized spacial score (nSPS) is 10.2. The molecule has 0 aliphatic carbocycles. The predicted octanol–water partition coefficient (Wildman–Crippen LogP) is -1.49. The number of alkyl halides is 3. The number of hydrogen-bond donors (Lipinski definition) is 1. The summed E-state index contributed by atoms with van der Waals surface area (Å²) in [4.78, 5) is 0. The van der Waals surface area contributed by atoms with Gasteiger partial charge in [0, 0.05) is 4.47 Å². The van der Waals surface area contributed by atoms with Gasteiger partial charge in [-0.25, -0.2) is 0 Å². The second-order valence-corrected chi connectivity index (χ2v) is 3.42. The van der Waals surface area contributed by atoms with E-state index in [9.17, 15) is 13.2 Å². The zero-order valence-corrected chi connectivity index (χ0v) is 8.98. The maximum Gasteiger partial charge on any atom is 1.00 e. The third-order valence-electron chi connectivity index (χ3n) is 1.47. The topological polar surface area (TPSA) is 20.2 Å². The Labute approximate surface area is 108 Å². The smallest absolute Gasteiger partial charge is 0.392 e. The van der Waals surface area contributed by atoms with Gasteiger partial charge < -0.3 is 5.11 Å². The molecular formula is C8H10BBrF3LiO. The average molecular weight is 277 g/mol. The van der Waals surface area contributed by atoms with Gasteiger partial charge >= 0.3 is 25.0 Å². The van der Waals surface area contributed by atoms with Crippen LogP contribution in [-0.4, -0.2) is 13.5 Å². The number of aliphatic hydroxyl groups is 1. The molecule has 1 aromatic rings. The van der Waals surface area contributed by atoms with Gasteiger partial charge in [-0.2, -0.15) is 13.2 Å². The van der Waals surface area contributed by atoms with E-state index in [4.69, 9.17) is 5.11 Å². The third kappa shape index (κ3) is 5.12. The molecule has 0 aliphatic heterocycles. The first-order valence-electron chi connectivity index (χ1n) is 3.41. The molecule has 0 spiro atoms. The third-order valence-corrected chi connectivity index (χ3v) is 1.93. The molecule has 0 bridgehead atoms. The molecule has 80 valence electrons. The monoisotopic (exact) mass is 276 g/mol. The van der Waals surface area contributed by atoms with Crippen molar-refractivity contribution >= 4 is 24.3 Å². The number of aliphatic hydroxyl groups excluding tert-OH is 1. The molecule has 0 heterocycles. The van der Waals surface area contributed by atoms with Crippen molar-refractivity contribution in [1.29, 1.82) is 0 Å². The summed E-state index contributed by atoms with van der Waals surface area (Å²) in [7, 11) is 0. The van der Waals surface area contributed by atoms with Gasteiger partial charge in [0.15, 0.2) is 0 Å². The molecule has 0 aromatic heterocycles. The van der Waals surface area contributed by atoms with E-state index in [-0.39, 0.29) is 32.8 Å². The van der Waals surface area contributed by atoms with Crippen molar-refractivity contribution < 1.29 is 37.1 Å². The Kier molecular flexibility index (Phi) is 7.75. The minimum Gasteiger partial charge on any atom is -0.392 e. The van der Waals surface area contributed by atoms with Crippen molar-refractivity contribution in [3.05, 3.63) is 33.8 Å². The van der Waals surface area contributed by atoms with Crippen molar-refractivity contribution in [3.63, 3.8) is 0 Å². The van der Waals surface area contributed by atoms with E-state index in [0.29, 0.717) is 4.47 Å². The molecule has 0 saturated carbocycles.